The topological polar surface area (TPSA) is 81.6 Å². The van der Waals surface area contributed by atoms with Crippen LogP contribution in [0.15, 0.2) is 52.7 Å². The lowest BCUT2D eigenvalue weighted by Crippen LogP contribution is -2.34. The molecule has 0 spiro atoms. The molecule has 7 nitrogen and oxygen atoms in total. The summed E-state index contributed by atoms with van der Waals surface area (Å²) >= 11 is 0. The van der Waals surface area contributed by atoms with Crippen molar-refractivity contribution < 1.29 is 27.4 Å². The molecule has 0 saturated heterocycles. The maximum atomic E-state index is 13.0. The van der Waals surface area contributed by atoms with E-state index in [9.17, 15) is 22.8 Å². The quantitative estimate of drug-likeness (QED) is 0.356. The molecule has 40 heavy (non-hydrogen) atoms. The van der Waals surface area contributed by atoms with Crippen LogP contribution in [0.2, 0.25) is 0 Å². The Morgan fingerprint density at radius 2 is 1.65 bits per heavy atom. The Hall–Kier alpha value is -3.43. The molecular formula is C30H46F3N3O4. The molecule has 3 rings (SSSR count). The number of aromatic nitrogens is 1. The highest BCUT2D eigenvalue weighted by atomic mass is 19.4. The summed E-state index contributed by atoms with van der Waals surface area (Å²) in [4.78, 5) is 23.3. The maximum Gasteiger partial charge on any atom is 0.418 e. The van der Waals surface area contributed by atoms with E-state index in [-0.39, 0.29) is 0 Å². The van der Waals surface area contributed by atoms with Gasteiger partial charge in [-0.05, 0) is 76.3 Å². The second-order valence-electron chi connectivity index (χ2n) is 9.45. The third kappa shape index (κ3) is 12.6. The number of hydrogen-bond acceptors (Lipinski definition) is 5. The summed E-state index contributed by atoms with van der Waals surface area (Å²) in [5, 5.41) is 5.27. The zero-order chi connectivity index (χ0) is 31.1. The zero-order valence-corrected chi connectivity index (χ0v) is 25.5. The Morgan fingerprint density at radius 3 is 2.10 bits per heavy atom. The molecule has 1 aliphatic carbocycles. The fraction of sp³-hybridized carbons (Fsp3) is 0.533. The van der Waals surface area contributed by atoms with Crippen molar-refractivity contribution in [2.24, 2.45) is 7.05 Å². The number of aryl methyl sites for hydroxylation is 2. The number of methoxy groups -OCH3 is 1. The number of benzene rings is 1. The van der Waals surface area contributed by atoms with Crippen LogP contribution in [0.3, 0.4) is 0 Å². The molecule has 1 aromatic carbocycles. The third-order valence-corrected chi connectivity index (χ3v) is 5.25. The Labute approximate surface area is 236 Å². The number of nitrogens with zero attached hydrogens (tertiary/aromatic N) is 1. The van der Waals surface area contributed by atoms with Crippen LogP contribution in [0.1, 0.15) is 78.9 Å². The first-order valence-corrected chi connectivity index (χ1v) is 13.5. The lowest BCUT2D eigenvalue weighted by molar-refractivity contribution is -0.137. The number of ether oxygens (including phenoxy) is 2. The van der Waals surface area contributed by atoms with E-state index in [2.05, 4.69) is 10.6 Å². The van der Waals surface area contributed by atoms with Crippen molar-refractivity contribution in [2.75, 3.05) is 19.0 Å². The number of amides is 1. The lowest BCUT2D eigenvalue weighted by atomic mass is 9.91. The highest BCUT2D eigenvalue weighted by Crippen LogP contribution is 2.34. The SMILES string of the molecule is CC.CC.COC(CNC(=O)OC(C)(C)C)=C1CCC1.Cc1cccc(Nc2c(C(F)(F)F)ccn(C)c2=O)c1. The summed E-state index contributed by atoms with van der Waals surface area (Å²) in [5.41, 5.74) is 0.0196. The van der Waals surface area contributed by atoms with E-state index in [0.29, 0.717) is 12.2 Å². The summed E-state index contributed by atoms with van der Waals surface area (Å²) in [6.45, 7) is 15.8. The average Bonchev–Trinajstić information content (AvgIpc) is 2.84. The number of hydrogen-bond donors (Lipinski definition) is 2. The first-order valence-electron chi connectivity index (χ1n) is 13.5. The standard InChI is InChI=1S/C14H13F3N2O.C12H21NO3.2C2H6/c1-9-4-3-5-10(8-9)18-12-11(14(15,16)17)6-7-19(2)13(12)20;1-12(2,3)16-11(14)13-8-10(15-4)9-6-5-7-9;2*1-2/h3-8,18H,1-2H3;5-8H2,1-4H3,(H,13,14);2*1-2H3. The summed E-state index contributed by atoms with van der Waals surface area (Å²) < 4.78 is 50.3. The number of nitrogens with one attached hydrogen (secondary N) is 2. The molecular weight excluding hydrogens is 523 g/mol. The van der Waals surface area contributed by atoms with Gasteiger partial charge in [-0.2, -0.15) is 13.2 Å². The van der Waals surface area contributed by atoms with Crippen molar-refractivity contribution in [1.29, 1.82) is 0 Å². The van der Waals surface area contributed by atoms with Gasteiger partial charge in [-0.3, -0.25) is 4.79 Å². The second-order valence-corrected chi connectivity index (χ2v) is 9.45. The fourth-order valence-corrected chi connectivity index (χ4v) is 3.29. The molecule has 1 saturated carbocycles. The molecule has 0 radical (unpaired) electrons. The van der Waals surface area contributed by atoms with E-state index in [0.717, 1.165) is 41.0 Å². The molecule has 0 bridgehead atoms. The first kappa shape index (κ1) is 36.6. The molecule has 1 heterocycles. The fourth-order valence-electron chi connectivity index (χ4n) is 3.29. The van der Waals surface area contributed by atoms with Gasteiger partial charge in [0.15, 0.2) is 0 Å². The molecule has 0 unspecified atom stereocenters. The highest BCUT2D eigenvalue weighted by Gasteiger charge is 2.35. The van der Waals surface area contributed by atoms with Gasteiger partial charge in [-0.15, -0.1) is 0 Å². The van der Waals surface area contributed by atoms with Gasteiger partial charge in [-0.25, -0.2) is 4.79 Å². The van der Waals surface area contributed by atoms with Crippen molar-refractivity contribution >= 4 is 17.5 Å². The third-order valence-electron chi connectivity index (χ3n) is 5.25. The smallest absolute Gasteiger partial charge is 0.418 e. The van der Waals surface area contributed by atoms with E-state index < -0.39 is 34.7 Å². The number of halogens is 3. The second kappa shape index (κ2) is 17.3. The van der Waals surface area contributed by atoms with Crippen LogP contribution in [-0.4, -0.2) is 29.9 Å². The Kier molecular flexibility index (Phi) is 15.8. The van der Waals surface area contributed by atoms with E-state index in [1.54, 1.807) is 25.3 Å². The minimum Gasteiger partial charge on any atom is -0.499 e. The van der Waals surface area contributed by atoms with Gasteiger partial charge in [0.25, 0.3) is 5.56 Å². The van der Waals surface area contributed by atoms with Crippen LogP contribution in [0.4, 0.5) is 29.3 Å². The van der Waals surface area contributed by atoms with Crippen LogP contribution in [-0.2, 0) is 22.7 Å². The summed E-state index contributed by atoms with van der Waals surface area (Å²) in [6.07, 6.45) is -0.499. The normalized spacial score (nSPS) is 12.1. The number of pyridine rings is 1. The van der Waals surface area contributed by atoms with Gasteiger partial charge in [0.2, 0.25) is 0 Å². The number of alkyl halides is 3. The van der Waals surface area contributed by atoms with Gasteiger partial charge in [0, 0.05) is 18.9 Å². The molecule has 10 heteroatoms. The summed E-state index contributed by atoms with van der Waals surface area (Å²) in [6, 6.07) is 7.70. The number of carbonyl (C=O) groups excluding carboxylic acids is 1. The van der Waals surface area contributed by atoms with Crippen molar-refractivity contribution in [2.45, 2.75) is 86.4 Å². The molecule has 1 aliphatic rings. The van der Waals surface area contributed by atoms with Gasteiger partial charge in [0.1, 0.15) is 17.0 Å². The van der Waals surface area contributed by atoms with Crippen molar-refractivity contribution in [3.8, 4) is 0 Å². The highest BCUT2D eigenvalue weighted by molar-refractivity contribution is 5.68. The molecule has 1 fully saturated rings. The first-order chi connectivity index (χ1) is 18.7. The van der Waals surface area contributed by atoms with Crippen LogP contribution >= 0.6 is 0 Å². The predicted molar refractivity (Wildman–Crippen MR) is 156 cm³/mol. The molecule has 1 aromatic heterocycles. The molecule has 226 valence electrons. The Balaban J connectivity index is 0.000000690. The van der Waals surface area contributed by atoms with Crippen LogP contribution in [0.25, 0.3) is 0 Å². The number of carbonyl (C=O) groups is 1. The molecule has 0 aliphatic heterocycles. The molecule has 1 amide bonds. The predicted octanol–water partition coefficient (Wildman–Crippen LogP) is 8.10. The van der Waals surface area contributed by atoms with Gasteiger partial charge >= 0.3 is 12.3 Å². The lowest BCUT2D eigenvalue weighted by Gasteiger charge is -2.23. The van der Waals surface area contributed by atoms with Crippen molar-refractivity contribution in [3.63, 3.8) is 0 Å². The van der Waals surface area contributed by atoms with Crippen LogP contribution < -0.4 is 16.2 Å². The molecule has 0 atom stereocenters. The monoisotopic (exact) mass is 569 g/mol. The van der Waals surface area contributed by atoms with E-state index in [1.165, 1.54) is 19.0 Å². The average molecular weight is 570 g/mol. The van der Waals surface area contributed by atoms with E-state index in [4.69, 9.17) is 9.47 Å². The maximum absolute atomic E-state index is 13.0. The Bertz CT molecular complexity index is 1140. The summed E-state index contributed by atoms with van der Waals surface area (Å²) in [5.74, 6) is 0.872. The van der Waals surface area contributed by atoms with Crippen LogP contribution in [0, 0.1) is 6.92 Å². The minimum absolute atomic E-state index is 0.401. The van der Waals surface area contributed by atoms with E-state index >= 15 is 0 Å². The van der Waals surface area contributed by atoms with Crippen molar-refractivity contribution in [3.05, 3.63) is 69.3 Å². The number of rotatable bonds is 5. The van der Waals surface area contributed by atoms with Gasteiger partial charge < -0.3 is 24.7 Å². The number of allylic oxidation sites excluding steroid dienone is 1. The van der Waals surface area contributed by atoms with Crippen molar-refractivity contribution in [1.82, 2.24) is 9.88 Å². The molecule has 2 N–H and O–H groups in total. The molecule has 2 aromatic rings. The van der Waals surface area contributed by atoms with E-state index in [1.807, 2.05) is 61.5 Å². The largest absolute Gasteiger partial charge is 0.499 e. The van der Waals surface area contributed by atoms with Gasteiger partial charge in [0.05, 0.1) is 19.2 Å². The minimum atomic E-state index is -4.58. The Morgan fingerprint density at radius 1 is 1.05 bits per heavy atom. The zero-order valence-electron chi connectivity index (χ0n) is 25.5. The number of alkyl carbamates (subject to hydrolysis) is 1. The summed E-state index contributed by atoms with van der Waals surface area (Å²) in [7, 11) is 3.04. The van der Waals surface area contributed by atoms with Gasteiger partial charge in [-0.1, -0.05) is 39.8 Å². The number of anilines is 2. The van der Waals surface area contributed by atoms with Crippen LogP contribution in [0.5, 0.6) is 0 Å².